The number of anilines is 2. The van der Waals surface area contributed by atoms with Gasteiger partial charge in [0, 0.05) is 32.6 Å². The molecule has 4 rings (SSSR count). The van der Waals surface area contributed by atoms with Crippen molar-refractivity contribution in [2.75, 3.05) is 62.8 Å². The molecular weight excluding hydrogens is 406 g/mol. The molecular formula is C21H29N3O5S. The van der Waals surface area contributed by atoms with Gasteiger partial charge in [0.2, 0.25) is 15.9 Å². The Hall–Kier alpha value is -1.94. The summed E-state index contributed by atoms with van der Waals surface area (Å²) in [5.41, 5.74) is 1.37. The third-order valence-corrected chi connectivity index (χ3v) is 7.66. The van der Waals surface area contributed by atoms with E-state index in [1.54, 1.807) is 18.2 Å². The summed E-state index contributed by atoms with van der Waals surface area (Å²) in [6, 6.07) is 5.02. The van der Waals surface area contributed by atoms with Crippen molar-refractivity contribution in [3.05, 3.63) is 30.4 Å². The van der Waals surface area contributed by atoms with Crippen molar-refractivity contribution in [2.45, 2.75) is 24.2 Å². The van der Waals surface area contributed by atoms with Crippen molar-refractivity contribution in [1.82, 2.24) is 4.31 Å². The molecule has 0 aromatic heterocycles. The average molecular weight is 436 g/mol. The fraction of sp³-hybridized carbons (Fsp3) is 0.571. The molecule has 1 unspecified atom stereocenters. The molecule has 2 saturated heterocycles. The predicted molar refractivity (Wildman–Crippen MR) is 114 cm³/mol. The zero-order valence-corrected chi connectivity index (χ0v) is 17.9. The van der Waals surface area contributed by atoms with E-state index in [-0.39, 0.29) is 16.7 Å². The Morgan fingerprint density at radius 3 is 2.43 bits per heavy atom. The highest BCUT2D eigenvalue weighted by atomic mass is 32.2. The summed E-state index contributed by atoms with van der Waals surface area (Å²) in [4.78, 5) is 15.0. The Bertz CT molecular complexity index is 890. The van der Waals surface area contributed by atoms with Crippen LogP contribution < -0.4 is 10.2 Å². The van der Waals surface area contributed by atoms with Gasteiger partial charge >= 0.3 is 0 Å². The van der Waals surface area contributed by atoms with Crippen molar-refractivity contribution >= 4 is 27.3 Å². The smallest absolute Gasteiger partial charge is 0.243 e. The van der Waals surface area contributed by atoms with Crippen LogP contribution in [0.15, 0.2) is 35.2 Å². The van der Waals surface area contributed by atoms with Crippen molar-refractivity contribution in [3.8, 4) is 0 Å². The third-order valence-electron chi connectivity index (χ3n) is 5.76. The minimum absolute atomic E-state index is 0.0954. The van der Waals surface area contributed by atoms with Crippen molar-refractivity contribution in [3.63, 3.8) is 0 Å². The number of benzene rings is 1. The van der Waals surface area contributed by atoms with E-state index in [2.05, 4.69) is 22.4 Å². The first-order chi connectivity index (χ1) is 14.5. The summed E-state index contributed by atoms with van der Waals surface area (Å²) in [7, 11) is -3.64. The van der Waals surface area contributed by atoms with E-state index < -0.39 is 10.0 Å². The molecule has 1 aromatic carbocycles. The second-order valence-electron chi connectivity index (χ2n) is 7.81. The normalized spacial score (nSPS) is 22.9. The van der Waals surface area contributed by atoms with E-state index in [9.17, 15) is 13.2 Å². The molecule has 1 aromatic rings. The maximum absolute atomic E-state index is 13.1. The monoisotopic (exact) mass is 435 g/mol. The molecule has 9 heteroatoms. The Balaban J connectivity index is 1.60. The number of nitrogens with zero attached hydrogens (tertiary/aromatic N) is 2. The molecule has 1 aliphatic carbocycles. The third kappa shape index (κ3) is 4.85. The lowest BCUT2D eigenvalue weighted by Gasteiger charge is -2.31. The second-order valence-corrected chi connectivity index (χ2v) is 9.75. The Labute approximate surface area is 177 Å². The van der Waals surface area contributed by atoms with Gasteiger partial charge in [-0.25, -0.2) is 8.42 Å². The van der Waals surface area contributed by atoms with Gasteiger partial charge in [-0.15, -0.1) is 0 Å². The van der Waals surface area contributed by atoms with E-state index in [1.807, 2.05) is 0 Å². The fourth-order valence-electron chi connectivity index (χ4n) is 4.10. The fourth-order valence-corrected chi connectivity index (χ4v) is 5.53. The van der Waals surface area contributed by atoms with Crippen LogP contribution in [0.1, 0.15) is 19.3 Å². The van der Waals surface area contributed by atoms with Crippen LogP contribution in [0.3, 0.4) is 0 Å². The predicted octanol–water partition coefficient (Wildman–Crippen LogP) is 1.84. The summed E-state index contributed by atoms with van der Waals surface area (Å²) in [6.45, 7) is 4.06. The highest BCUT2D eigenvalue weighted by Gasteiger charge is 2.28. The van der Waals surface area contributed by atoms with Crippen LogP contribution in [0.2, 0.25) is 0 Å². The van der Waals surface area contributed by atoms with Gasteiger partial charge in [-0.1, -0.05) is 12.2 Å². The standard InChI is InChI=1S/C21H29N3O5S/c25-21(15-17-3-1-2-4-17)22-19-16-18(30(26,27)24-9-13-29-14-10-24)5-6-20(19)23-7-11-28-12-8-23/h1,3,5-6,16-17H,2,4,7-15H2,(H,22,25). The van der Waals surface area contributed by atoms with Gasteiger partial charge in [0.25, 0.3) is 0 Å². The first-order valence-corrected chi connectivity index (χ1v) is 12.0. The molecule has 30 heavy (non-hydrogen) atoms. The number of hydrogen-bond donors (Lipinski definition) is 1. The number of hydrogen-bond acceptors (Lipinski definition) is 6. The van der Waals surface area contributed by atoms with Crippen LogP contribution >= 0.6 is 0 Å². The topological polar surface area (TPSA) is 88.2 Å². The maximum atomic E-state index is 13.1. The van der Waals surface area contributed by atoms with Crippen LogP contribution in [0.5, 0.6) is 0 Å². The Morgan fingerprint density at radius 2 is 1.77 bits per heavy atom. The number of ether oxygens (including phenoxy) is 2. The Kier molecular flexibility index (Phi) is 6.72. The number of rotatable bonds is 6. The molecule has 2 aliphatic heterocycles. The van der Waals surface area contributed by atoms with Crippen LogP contribution in [0.4, 0.5) is 11.4 Å². The van der Waals surface area contributed by atoms with Crippen LogP contribution in [-0.4, -0.2) is 71.2 Å². The zero-order valence-electron chi connectivity index (χ0n) is 17.1. The Morgan fingerprint density at radius 1 is 1.07 bits per heavy atom. The van der Waals surface area contributed by atoms with E-state index in [4.69, 9.17) is 9.47 Å². The lowest BCUT2D eigenvalue weighted by molar-refractivity contribution is -0.116. The average Bonchev–Trinajstić information content (AvgIpc) is 3.28. The summed E-state index contributed by atoms with van der Waals surface area (Å²) in [5.74, 6) is 0.152. The van der Waals surface area contributed by atoms with Crippen molar-refractivity contribution < 1.29 is 22.7 Å². The molecule has 164 valence electrons. The molecule has 0 saturated carbocycles. The number of carbonyl (C=O) groups excluding carboxylic acids is 1. The van der Waals surface area contributed by atoms with Crippen LogP contribution in [-0.2, 0) is 24.3 Å². The first-order valence-electron chi connectivity index (χ1n) is 10.6. The number of sulfonamides is 1. The minimum atomic E-state index is -3.64. The van der Waals surface area contributed by atoms with Gasteiger partial charge in [-0.2, -0.15) is 4.31 Å². The maximum Gasteiger partial charge on any atom is 0.243 e. The number of morpholine rings is 2. The summed E-state index contributed by atoms with van der Waals surface area (Å²) >= 11 is 0. The molecule has 1 amide bonds. The van der Waals surface area contributed by atoms with E-state index in [0.29, 0.717) is 64.7 Å². The quantitative estimate of drug-likeness (QED) is 0.686. The molecule has 0 bridgehead atoms. The number of amides is 1. The molecule has 0 spiro atoms. The van der Waals surface area contributed by atoms with Gasteiger partial charge in [0.05, 0.1) is 42.7 Å². The number of nitrogens with one attached hydrogen (secondary N) is 1. The van der Waals surface area contributed by atoms with Gasteiger partial charge in [-0.05, 0) is 37.0 Å². The molecule has 0 radical (unpaired) electrons. The SMILES string of the molecule is O=C(CC1C=CCC1)Nc1cc(S(=O)(=O)N2CCOCC2)ccc1N1CCOCC1. The largest absolute Gasteiger partial charge is 0.379 e. The van der Waals surface area contributed by atoms with Crippen LogP contribution in [0, 0.1) is 5.92 Å². The minimum Gasteiger partial charge on any atom is -0.379 e. The molecule has 1 atom stereocenters. The number of allylic oxidation sites excluding steroid dienone is 2. The molecule has 2 fully saturated rings. The van der Waals surface area contributed by atoms with Gasteiger partial charge < -0.3 is 19.7 Å². The highest BCUT2D eigenvalue weighted by molar-refractivity contribution is 7.89. The summed E-state index contributed by atoms with van der Waals surface area (Å²) < 4.78 is 38.4. The van der Waals surface area contributed by atoms with Crippen molar-refractivity contribution in [2.24, 2.45) is 5.92 Å². The van der Waals surface area contributed by atoms with Gasteiger partial charge in [0.15, 0.2) is 0 Å². The molecule has 3 aliphatic rings. The van der Waals surface area contributed by atoms with E-state index in [0.717, 1.165) is 18.5 Å². The molecule has 2 heterocycles. The van der Waals surface area contributed by atoms with Gasteiger partial charge in [0.1, 0.15) is 0 Å². The highest BCUT2D eigenvalue weighted by Crippen LogP contribution is 2.32. The van der Waals surface area contributed by atoms with Gasteiger partial charge in [-0.3, -0.25) is 4.79 Å². The van der Waals surface area contributed by atoms with Crippen LogP contribution in [0.25, 0.3) is 0 Å². The van der Waals surface area contributed by atoms with E-state index >= 15 is 0 Å². The first kappa shape index (κ1) is 21.3. The summed E-state index contributed by atoms with van der Waals surface area (Å²) in [6.07, 6.45) is 6.58. The molecule has 8 nitrogen and oxygen atoms in total. The summed E-state index contributed by atoms with van der Waals surface area (Å²) in [5, 5.41) is 2.99. The zero-order chi connectivity index (χ0) is 21.0. The second kappa shape index (κ2) is 9.47. The number of carbonyl (C=O) groups is 1. The van der Waals surface area contributed by atoms with E-state index in [1.165, 1.54) is 4.31 Å². The lowest BCUT2D eigenvalue weighted by atomic mass is 10.0. The van der Waals surface area contributed by atoms with Crippen molar-refractivity contribution in [1.29, 1.82) is 0 Å². The lowest BCUT2D eigenvalue weighted by Crippen LogP contribution is -2.40. The molecule has 1 N–H and O–H groups in total.